The number of rotatable bonds is 3. The zero-order valence-electron chi connectivity index (χ0n) is 12.6. The quantitative estimate of drug-likeness (QED) is 0.522. The van der Waals surface area contributed by atoms with E-state index in [4.69, 9.17) is 21.4 Å². The summed E-state index contributed by atoms with van der Waals surface area (Å²) in [6.45, 7) is 0. The lowest BCUT2D eigenvalue weighted by atomic mass is 10.1. The highest BCUT2D eigenvalue weighted by Crippen LogP contribution is 2.33. The minimum absolute atomic E-state index is 0.736. The Hall–Kier alpha value is -2.70. The molecule has 4 rings (SSSR count). The molecule has 0 atom stereocenters. The summed E-state index contributed by atoms with van der Waals surface area (Å²) in [6, 6.07) is 15.5. The fourth-order valence-corrected chi connectivity index (χ4v) is 4.11. The molecule has 4 N–H and O–H groups in total. The Morgan fingerprint density at radius 3 is 1.54 bits per heavy atom. The van der Waals surface area contributed by atoms with Crippen molar-refractivity contribution in [3.63, 3.8) is 0 Å². The van der Waals surface area contributed by atoms with Gasteiger partial charge in [0.1, 0.15) is 0 Å². The van der Waals surface area contributed by atoms with Crippen LogP contribution in [0.4, 0.5) is 11.4 Å². The second-order valence-corrected chi connectivity index (χ2v) is 7.04. The average molecular weight is 350 g/mol. The minimum atomic E-state index is 0.736. The summed E-state index contributed by atoms with van der Waals surface area (Å²) >= 11 is 3.17. The van der Waals surface area contributed by atoms with Gasteiger partial charge in [-0.1, -0.05) is 24.3 Å². The SMILES string of the molecule is Nc1cccc(-c2csc(-c3nc(-c4cccc(N)c4)cs3)n2)c1. The van der Waals surface area contributed by atoms with Crippen LogP contribution in [-0.4, -0.2) is 9.97 Å². The molecule has 4 nitrogen and oxygen atoms in total. The summed E-state index contributed by atoms with van der Waals surface area (Å²) in [6.07, 6.45) is 0. The van der Waals surface area contributed by atoms with Crippen LogP contribution in [0.15, 0.2) is 59.3 Å². The van der Waals surface area contributed by atoms with Gasteiger partial charge in [0.2, 0.25) is 0 Å². The first kappa shape index (κ1) is 14.9. The van der Waals surface area contributed by atoms with Gasteiger partial charge in [-0.15, -0.1) is 22.7 Å². The first-order chi connectivity index (χ1) is 11.7. The van der Waals surface area contributed by atoms with E-state index in [1.807, 2.05) is 59.3 Å². The molecule has 2 heterocycles. The van der Waals surface area contributed by atoms with Crippen LogP contribution in [0, 0.1) is 0 Å². The largest absolute Gasteiger partial charge is 0.399 e. The predicted octanol–water partition coefficient (Wildman–Crippen LogP) is 4.77. The molecule has 118 valence electrons. The lowest BCUT2D eigenvalue weighted by Gasteiger charge is -1.98. The molecule has 0 radical (unpaired) electrons. The van der Waals surface area contributed by atoms with Crippen molar-refractivity contribution in [2.24, 2.45) is 0 Å². The normalized spacial score (nSPS) is 10.8. The van der Waals surface area contributed by atoms with Crippen LogP contribution in [0.25, 0.3) is 32.5 Å². The number of hydrogen-bond donors (Lipinski definition) is 2. The van der Waals surface area contributed by atoms with Crippen LogP contribution in [-0.2, 0) is 0 Å². The predicted molar refractivity (Wildman–Crippen MR) is 103 cm³/mol. The van der Waals surface area contributed by atoms with E-state index in [0.29, 0.717) is 0 Å². The Morgan fingerprint density at radius 1 is 0.667 bits per heavy atom. The highest BCUT2D eigenvalue weighted by molar-refractivity contribution is 7.20. The van der Waals surface area contributed by atoms with Gasteiger partial charge in [0.05, 0.1) is 11.4 Å². The first-order valence-electron chi connectivity index (χ1n) is 7.32. The molecule has 0 saturated heterocycles. The van der Waals surface area contributed by atoms with Gasteiger partial charge in [-0.25, -0.2) is 9.97 Å². The van der Waals surface area contributed by atoms with E-state index in [0.717, 1.165) is 43.9 Å². The topological polar surface area (TPSA) is 77.8 Å². The molecule has 0 unspecified atom stereocenters. The van der Waals surface area contributed by atoms with Crippen molar-refractivity contribution in [1.82, 2.24) is 9.97 Å². The maximum absolute atomic E-state index is 5.85. The molecule has 0 aliphatic carbocycles. The Labute approximate surface area is 147 Å². The van der Waals surface area contributed by atoms with Gasteiger partial charge < -0.3 is 11.5 Å². The van der Waals surface area contributed by atoms with E-state index in [1.54, 1.807) is 22.7 Å². The van der Waals surface area contributed by atoms with E-state index in [1.165, 1.54) is 0 Å². The second-order valence-electron chi connectivity index (χ2n) is 5.33. The number of nitrogens with two attached hydrogens (primary N) is 2. The lowest BCUT2D eigenvalue weighted by molar-refractivity contribution is 1.35. The fraction of sp³-hybridized carbons (Fsp3) is 0. The zero-order chi connectivity index (χ0) is 16.5. The van der Waals surface area contributed by atoms with Crippen molar-refractivity contribution < 1.29 is 0 Å². The average Bonchev–Trinajstić information content (AvgIpc) is 3.24. The molecule has 0 fully saturated rings. The second kappa shape index (κ2) is 6.07. The van der Waals surface area contributed by atoms with Crippen LogP contribution in [0.2, 0.25) is 0 Å². The number of benzene rings is 2. The van der Waals surface area contributed by atoms with Gasteiger partial charge in [-0.2, -0.15) is 0 Å². The number of thiazole rings is 2. The smallest absolute Gasteiger partial charge is 0.152 e. The van der Waals surface area contributed by atoms with E-state index in [2.05, 4.69) is 0 Å². The van der Waals surface area contributed by atoms with Crippen LogP contribution in [0.3, 0.4) is 0 Å². The summed E-state index contributed by atoms with van der Waals surface area (Å²) in [4.78, 5) is 9.41. The maximum atomic E-state index is 5.85. The van der Waals surface area contributed by atoms with Gasteiger partial charge in [0.15, 0.2) is 10.0 Å². The number of nitrogen functional groups attached to an aromatic ring is 2. The number of hydrogen-bond acceptors (Lipinski definition) is 6. The van der Waals surface area contributed by atoms with Crippen molar-refractivity contribution in [2.45, 2.75) is 0 Å². The third-order valence-electron chi connectivity index (χ3n) is 3.56. The zero-order valence-corrected chi connectivity index (χ0v) is 14.3. The molecule has 6 heteroatoms. The standard InChI is InChI=1S/C18H14N4S2/c19-13-5-1-3-11(7-13)15-9-23-17(21-15)18-22-16(10-24-18)12-4-2-6-14(20)8-12/h1-10H,19-20H2. The summed E-state index contributed by atoms with van der Waals surface area (Å²) in [7, 11) is 0. The molecular formula is C18H14N4S2. The fourth-order valence-electron chi connectivity index (χ4n) is 2.41. The number of anilines is 2. The highest BCUT2D eigenvalue weighted by atomic mass is 32.1. The summed E-state index contributed by atoms with van der Waals surface area (Å²) in [5, 5.41) is 5.89. The molecular weight excluding hydrogens is 336 g/mol. The summed E-state index contributed by atoms with van der Waals surface area (Å²) in [5.74, 6) is 0. The summed E-state index contributed by atoms with van der Waals surface area (Å²) < 4.78 is 0. The van der Waals surface area contributed by atoms with Crippen LogP contribution in [0.5, 0.6) is 0 Å². The molecule has 0 bridgehead atoms. The van der Waals surface area contributed by atoms with Crippen molar-refractivity contribution >= 4 is 34.0 Å². The maximum Gasteiger partial charge on any atom is 0.152 e. The Morgan fingerprint density at radius 2 is 1.12 bits per heavy atom. The third-order valence-corrected chi connectivity index (χ3v) is 5.38. The van der Waals surface area contributed by atoms with E-state index in [9.17, 15) is 0 Å². The van der Waals surface area contributed by atoms with Crippen molar-refractivity contribution in [3.8, 4) is 32.5 Å². The Kier molecular flexibility index (Phi) is 3.76. The Bertz CT molecular complexity index is 922. The van der Waals surface area contributed by atoms with Gasteiger partial charge in [-0.05, 0) is 24.3 Å². The van der Waals surface area contributed by atoms with Crippen molar-refractivity contribution in [2.75, 3.05) is 11.5 Å². The van der Waals surface area contributed by atoms with Gasteiger partial charge >= 0.3 is 0 Å². The van der Waals surface area contributed by atoms with Crippen LogP contribution in [0.1, 0.15) is 0 Å². The van der Waals surface area contributed by atoms with Gasteiger partial charge in [-0.3, -0.25) is 0 Å². The monoisotopic (exact) mass is 350 g/mol. The van der Waals surface area contributed by atoms with Crippen molar-refractivity contribution in [3.05, 3.63) is 59.3 Å². The summed E-state index contributed by atoms with van der Waals surface area (Å²) in [5.41, 5.74) is 17.0. The van der Waals surface area contributed by atoms with Crippen LogP contribution >= 0.6 is 22.7 Å². The molecule has 0 saturated carbocycles. The Balaban J connectivity index is 1.66. The number of nitrogens with zero attached hydrogens (tertiary/aromatic N) is 2. The molecule has 0 aliphatic heterocycles. The molecule has 0 aliphatic rings. The van der Waals surface area contributed by atoms with E-state index in [-0.39, 0.29) is 0 Å². The first-order valence-corrected chi connectivity index (χ1v) is 9.08. The number of aromatic nitrogens is 2. The molecule has 4 aromatic rings. The van der Waals surface area contributed by atoms with Gasteiger partial charge in [0, 0.05) is 33.3 Å². The van der Waals surface area contributed by atoms with E-state index >= 15 is 0 Å². The third kappa shape index (κ3) is 2.89. The molecule has 0 amide bonds. The molecule has 2 aromatic heterocycles. The highest BCUT2D eigenvalue weighted by Gasteiger charge is 2.12. The lowest BCUT2D eigenvalue weighted by Crippen LogP contribution is -1.86. The van der Waals surface area contributed by atoms with Crippen LogP contribution < -0.4 is 11.5 Å². The van der Waals surface area contributed by atoms with Crippen molar-refractivity contribution in [1.29, 1.82) is 0 Å². The van der Waals surface area contributed by atoms with E-state index < -0.39 is 0 Å². The molecule has 24 heavy (non-hydrogen) atoms. The van der Waals surface area contributed by atoms with Gasteiger partial charge in [0.25, 0.3) is 0 Å². The minimum Gasteiger partial charge on any atom is -0.399 e. The molecule has 2 aromatic carbocycles. The molecule has 0 spiro atoms.